The third-order valence-electron chi connectivity index (χ3n) is 2.79. The molecule has 2 heteroatoms. The van der Waals surface area contributed by atoms with E-state index in [1.165, 1.54) is 31.1 Å². The maximum Gasteiger partial charge on any atom is 0.00728 e. The Morgan fingerprint density at radius 2 is 1.75 bits per heavy atom. The van der Waals surface area contributed by atoms with Gasteiger partial charge in [-0.1, -0.05) is 20.8 Å². The largest absolute Gasteiger partial charge is 0.301 e. The van der Waals surface area contributed by atoms with Crippen LogP contribution in [0, 0.1) is 11.8 Å². The molecule has 1 atom stereocenters. The highest BCUT2D eigenvalue weighted by molar-refractivity contribution is 7.99. The quantitative estimate of drug-likeness (QED) is 0.667. The molecule has 1 heterocycles. The Hall–Kier alpha value is 0.310. The van der Waals surface area contributed by atoms with Crippen molar-refractivity contribution in [2.45, 2.75) is 20.8 Å². The normalized spacial score (nSPS) is 23.0. The predicted molar refractivity (Wildman–Crippen MR) is 57.8 cm³/mol. The van der Waals surface area contributed by atoms with Gasteiger partial charge in [0.05, 0.1) is 0 Å². The van der Waals surface area contributed by atoms with Crippen molar-refractivity contribution in [3.05, 3.63) is 0 Å². The van der Waals surface area contributed by atoms with Crippen LogP contribution in [0.25, 0.3) is 0 Å². The van der Waals surface area contributed by atoms with Gasteiger partial charge in [0.2, 0.25) is 0 Å². The summed E-state index contributed by atoms with van der Waals surface area (Å²) in [5.74, 6) is 4.36. The van der Waals surface area contributed by atoms with E-state index in [1.807, 2.05) is 0 Å². The van der Waals surface area contributed by atoms with Gasteiger partial charge in [0, 0.05) is 31.1 Å². The molecule has 0 amide bonds. The van der Waals surface area contributed by atoms with Crippen LogP contribution in [-0.4, -0.2) is 36.0 Å². The van der Waals surface area contributed by atoms with Crippen molar-refractivity contribution in [3.8, 4) is 0 Å². The highest BCUT2D eigenvalue weighted by atomic mass is 32.2. The van der Waals surface area contributed by atoms with Gasteiger partial charge >= 0.3 is 0 Å². The van der Waals surface area contributed by atoms with Gasteiger partial charge < -0.3 is 4.90 Å². The van der Waals surface area contributed by atoms with Crippen molar-refractivity contribution in [1.82, 2.24) is 4.90 Å². The number of hydrogen-bond donors (Lipinski definition) is 0. The lowest BCUT2D eigenvalue weighted by molar-refractivity contribution is 0.229. The van der Waals surface area contributed by atoms with Crippen molar-refractivity contribution in [2.75, 3.05) is 31.1 Å². The van der Waals surface area contributed by atoms with Crippen molar-refractivity contribution >= 4 is 11.8 Å². The van der Waals surface area contributed by atoms with Crippen LogP contribution in [0.2, 0.25) is 0 Å². The molecule has 1 aliphatic rings. The molecule has 0 radical (unpaired) electrons. The Labute approximate surface area is 80.9 Å². The highest BCUT2D eigenvalue weighted by Gasteiger charge is 2.15. The molecule has 0 saturated carbocycles. The molecule has 0 spiro atoms. The van der Waals surface area contributed by atoms with E-state index in [9.17, 15) is 0 Å². The second-order valence-corrected chi connectivity index (χ2v) is 5.36. The summed E-state index contributed by atoms with van der Waals surface area (Å²) in [4.78, 5) is 2.61. The molecule has 0 aromatic rings. The van der Waals surface area contributed by atoms with E-state index in [0.717, 1.165) is 11.8 Å². The minimum Gasteiger partial charge on any atom is -0.301 e. The molecule has 72 valence electrons. The summed E-state index contributed by atoms with van der Waals surface area (Å²) in [6, 6.07) is 0. The monoisotopic (exact) mass is 187 g/mol. The molecular formula is C10H21NS. The molecule has 1 fully saturated rings. The third-order valence-corrected chi connectivity index (χ3v) is 3.73. The summed E-state index contributed by atoms with van der Waals surface area (Å²) in [5, 5.41) is 0. The molecule has 1 saturated heterocycles. The minimum atomic E-state index is 0.833. The van der Waals surface area contributed by atoms with Crippen molar-refractivity contribution in [1.29, 1.82) is 0 Å². The molecule has 0 aromatic carbocycles. The summed E-state index contributed by atoms with van der Waals surface area (Å²) in [6.45, 7) is 10.9. The van der Waals surface area contributed by atoms with Gasteiger partial charge in [-0.05, 0) is 11.8 Å². The van der Waals surface area contributed by atoms with Crippen LogP contribution < -0.4 is 0 Å². The topological polar surface area (TPSA) is 3.24 Å². The Morgan fingerprint density at radius 3 is 2.25 bits per heavy atom. The van der Waals surface area contributed by atoms with E-state index in [4.69, 9.17) is 0 Å². The fourth-order valence-corrected chi connectivity index (χ4v) is 2.38. The summed E-state index contributed by atoms with van der Waals surface area (Å²) in [6.07, 6.45) is 0. The van der Waals surface area contributed by atoms with Crippen molar-refractivity contribution in [2.24, 2.45) is 11.8 Å². The molecule has 1 unspecified atom stereocenters. The van der Waals surface area contributed by atoms with Crippen LogP contribution in [0.1, 0.15) is 20.8 Å². The van der Waals surface area contributed by atoms with E-state index in [-0.39, 0.29) is 0 Å². The fourth-order valence-electron chi connectivity index (χ4n) is 1.40. The molecule has 1 aliphatic heterocycles. The van der Waals surface area contributed by atoms with Crippen LogP contribution in [0.4, 0.5) is 0 Å². The van der Waals surface area contributed by atoms with E-state index in [0.29, 0.717) is 0 Å². The molecule has 0 aromatic heterocycles. The summed E-state index contributed by atoms with van der Waals surface area (Å²) in [7, 11) is 0. The molecule has 12 heavy (non-hydrogen) atoms. The first-order valence-corrected chi connectivity index (χ1v) is 6.15. The predicted octanol–water partition coefficient (Wildman–Crippen LogP) is 2.33. The van der Waals surface area contributed by atoms with Gasteiger partial charge in [0.25, 0.3) is 0 Å². The third kappa shape index (κ3) is 3.36. The molecular weight excluding hydrogens is 166 g/mol. The zero-order valence-corrected chi connectivity index (χ0v) is 9.36. The van der Waals surface area contributed by atoms with Gasteiger partial charge in [0.15, 0.2) is 0 Å². The van der Waals surface area contributed by atoms with E-state index in [1.54, 1.807) is 0 Å². The lowest BCUT2D eigenvalue weighted by Gasteiger charge is -2.30. The Bertz CT molecular complexity index is 119. The summed E-state index contributed by atoms with van der Waals surface area (Å²) in [5.41, 5.74) is 0. The lowest BCUT2D eigenvalue weighted by Crippen LogP contribution is -2.36. The van der Waals surface area contributed by atoms with Gasteiger partial charge in [-0.2, -0.15) is 11.8 Å². The van der Waals surface area contributed by atoms with Crippen LogP contribution in [0.5, 0.6) is 0 Å². The molecule has 0 aliphatic carbocycles. The zero-order chi connectivity index (χ0) is 8.97. The number of rotatable bonds is 3. The van der Waals surface area contributed by atoms with E-state index < -0.39 is 0 Å². The molecule has 1 rings (SSSR count). The van der Waals surface area contributed by atoms with Gasteiger partial charge in [0.1, 0.15) is 0 Å². The Kier molecular flexibility index (Phi) is 4.44. The first-order valence-electron chi connectivity index (χ1n) is 5.00. The second kappa shape index (κ2) is 5.13. The van der Waals surface area contributed by atoms with Crippen molar-refractivity contribution < 1.29 is 0 Å². The average molecular weight is 187 g/mol. The van der Waals surface area contributed by atoms with E-state index in [2.05, 4.69) is 37.4 Å². The van der Waals surface area contributed by atoms with Crippen LogP contribution in [-0.2, 0) is 0 Å². The maximum atomic E-state index is 2.61. The van der Waals surface area contributed by atoms with Gasteiger partial charge in [-0.25, -0.2) is 0 Å². The summed E-state index contributed by atoms with van der Waals surface area (Å²) < 4.78 is 0. The lowest BCUT2D eigenvalue weighted by atomic mass is 9.97. The highest BCUT2D eigenvalue weighted by Crippen LogP contribution is 2.15. The van der Waals surface area contributed by atoms with Gasteiger partial charge in [-0.15, -0.1) is 0 Å². The van der Waals surface area contributed by atoms with Gasteiger partial charge in [-0.3, -0.25) is 0 Å². The SMILES string of the molecule is CC(C)C(C)CN1CCSCC1. The van der Waals surface area contributed by atoms with Crippen LogP contribution in [0.3, 0.4) is 0 Å². The second-order valence-electron chi connectivity index (χ2n) is 4.13. The Morgan fingerprint density at radius 1 is 1.17 bits per heavy atom. The molecule has 0 N–H and O–H groups in total. The molecule has 1 nitrogen and oxygen atoms in total. The maximum absolute atomic E-state index is 2.61. The van der Waals surface area contributed by atoms with Crippen LogP contribution >= 0.6 is 11.8 Å². The molecule has 0 bridgehead atoms. The number of nitrogens with zero attached hydrogens (tertiary/aromatic N) is 1. The standard InChI is InChI=1S/C10H21NS/c1-9(2)10(3)8-11-4-6-12-7-5-11/h9-10H,4-8H2,1-3H3. The van der Waals surface area contributed by atoms with Crippen LogP contribution in [0.15, 0.2) is 0 Å². The average Bonchev–Trinajstić information content (AvgIpc) is 2.06. The van der Waals surface area contributed by atoms with Crippen molar-refractivity contribution in [3.63, 3.8) is 0 Å². The Balaban J connectivity index is 2.20. The van der Waals surface area contributed by atoms with E-state index >= 15 is 0 Å². The zero-order valence-electron chi connectivity index (χ0n) is 8.55. The summed E-state index contributed by atoms with van der Waals surface area (Å²) >= 11 is 2.09. The number of hydrogen-bond acceptors (Lipinski definition) is 2. The smallest absolute Gasteiger partial charge is 0.00728 e. The minimum absolute atomic E-state index is 0.833. The number of thioether (sulfide) groups is 1. The first-order chi connectivity index (χ1) is 5.70. The fraction of sp³-hybridized carbons (Fsp3) is 1.00. The first kappa shape index (κ1) is 10.4.